The predicted molar refractivity (Wildman–Crippen MR) is 94.9 cm³/mol. The van der Waals surface area contributed by atoms with Gasteiger partial charge in [0.1, 0.15) is 12.3 Å². The monoisotopic (exact) mass is 376 g/mol. The number of hydrogen-bond acceptors (Lipinski definition) is 4. The number of nitrogens with one attached hydrogen (secondary N) is 2. The molecule has 0 aliphatic carbocycles. The highest BCUT2D eigenvalue weighted by Gasteiger charge is 2.29. The lowest BCUT2D eigenvalue weighted by Crippen LogP contribution is -2.48. The lowest BCUT2D eigenvalue weighted by atomic mass is 10.0. The molecule has 2 heterocycles. The van der Waals surface area contributed by atoms with Crippen molar-refractivity contribution in [1.82, 2.24) is 10.3 Å². The number of anilines is 2. The number of urea groups is 1. The molecule has 27 heavy (non-hydrogen) atoms. The fraction of sp³-hybridized carbons (Fsp3) is 0.278. The number of pyridine rings is 1. The lowest BCUT2D eigenvalue weighted by molar-refractivity contribution is -0.115. The zero-order valence-corrected chi connectivity index (χ0v) is 14.5. The number of rotatable bonds is 5. The van der Waals surface area contributed by atoms with Crippen LogP contribution in [0, 0.1) is 0 Å². The van der Waals surface area contributed by atoms with E-state index in [9.17, 15) is 18.4 Å². The first-order valence-electron chi connectivity index (χ1n) is 8.35. The van der Waals surface area contributed by atoms with Gasteiger partial charge >= 0.3 is 12.6 Å². The number of aromatic nitrogens is 1. The van der Waals surface area contributed by atoms with Gasteiger partial charge < -0.3 is 15.4 Å². The molecule has 3 rings (SSSR count). The molecule has 1 unspecified atom stereocenters. The summed E-state index contributed by atoms with van der Waals surface area (Å²) in [6.45, 7) is -1.16. The van der Waals surface area contributed by atoms with E-state index in [4.69, 9.17) is 0 Å². The Morgan fingerprint density at radius 2 is 2.07 bits per heavy atom. The van der Waals surface area contributed by atoms with E-state index in [1.807, 2.05) is 6.92 Å². The Hall–Kier alpha value is -3.23. The second-order valence-electron chi connectivity index (χ2n) is 5.87. The highest BCUT2D eigenvalue weighted by molar-refractivity contribution is 6.08. The van der Waals surface area contributed by atoms with Crippen molar-refractivity contribution in [1.29, 1.82) is 0 Å². The maximum atomic E-state index is 12.7. The number of benzene rings is 1. The minimum Gasteiger partial charge on any atom is -0.435 e. The summed E-state index contributed by atoms with van der Waals surface area (Å²) in [4.78, 5) is 30.0. The van der Waals surface area contributed by atoms with Gasteiger partial charge in [-0.15, -0.1) is 0 Å². The summed E-state index contributed by atoms with van der Waals surface area (Å²) in [5, 5.41) is 5.52. The van der Waals surface area contributed by atoms with Crippen LogP contribution < -0.4 is 20.3 Å². The van der Waals surface area contributed by atoms with Gasteiger partial charge in [-0.25, -0.2) is 9.78 Å². The molecule has 0 fully saturated rings. The summed E-state index contributed by atoms with van der Waals surface area (Å²) < 4.78 is 28.8. The maximum Gasteiger partial charge on any atom is 0.387 e. The highest BCUT2D eigenvalue weighted by atomic mass is 19.3. The fourth-order valence-corrected chi connectivity index (χ4v) is 2.82. The Morgan fingerprint density at radius 1 is 1.33 bits per heavy atom. The number of alkyl halides is 2. The third-order valence-corrected chi connectivity index (χ3v) is 4.08. The van der Waals surface area contributed by atoms with Crippen LogP contribution in [-0.2, 0) is 4.79 Å². The van der Waals surface area contributed by atoms with Crippen LogP contribution in [0.25, 0.3) is 0 Å². The minimum absolute atomic E-state index is 0.0424. The molecule has 3 amide bonds. The Labute approximate surface area is 154 Å². The van der Waals surface area contributed by atoms with Gasteiger partial charge in [-0.2, -0.15) is 8.78 Å². The highest BCUT2D eigenvalue weighted by Crippen LogP contribution is 2.27. The quantitative estimate of drug-likeness (QED) is 0.839. The predicted octanol–water partition coefficient (Wildman–Crippen LogP) is 3.30. The number of nitrogens with zero attached hydrogens (tertiary/aromatic N) is 2. The smallest absolute Gasteiger partial charge is 0.387 e. The Morgan fingerprint density at radius 3 is 2.74 bits per heavy atom. The zero-order valence-electron chi connectivity index (χ0n) is 14.5. The maximum absolute atomic E-state index is 12.7. The van der Waals surface area contributed by atoms with Crippen LogP contribution in [0.15, 0.2) is 42.6 Å². The summed E-state index contributed by atoms with van der Waals surface area (Å²) in [7, 11) is 0. The third kappa shape index (κ3) is 4.30. The summed E-state index contributed by atoms with van der Waals surface area (Å²) >= 11 is 0. The molecule has 0 radical (unpaired) electrons. The van der Waals surface area contributed by atoms with Gasteiger partial charge in [-0.3, -0.25) is 9.69 Å². The van der Waals surface area contributed by atoms with E-state index in [2.05, 4.69) is 20.4 Å². The minimum atomic E-state index is -2.89. The van der Waals surface area contributed by atoms with Crippen molar-refractivity contribution in [2.75, 3.05) is 16.8 Å². The molecule has 1 aliphatic heterocycles. The van der Waals surface area contributed by atoms with Gasteiger partial charge in [0.25, 0.3) is 0 Å². The SMILES string of the molecule is CCC(NC(=O)N1CC(=O)Nc2cccnc21)c1ccc(OC(F)F)cc1. The largest absolute Gasteiger partial charge is 0.435 e. The molecule has 9 heteroatoms. The van der Waals surface area contributed by atoms with Crippen molar-refractivity contribution in [3.8, 4) is 5.75 Å². The number of carbonyl (C=O) groups is 2. The zero-order chi connectivity index (χ0) is 19.4. The van der Waals surface area contributed by atoms with Crippen LogP contribution in [0.5, 0.6) is 5.75 Å². The van der Waals surface area contributed by atoms with Crippen LogP contribution in [-0.4, -0.2) is 30.1 Å². The standard InChI is InChI=1S/C18H18F2N4O3/c1-2-13(11-5-7-12(8-6-11)27-17(19)20)23-18(26)24-10-15(25)22-14-4-3-9-21-16(14)24/h3-9,13,17H,2,10H2,1H3,(H,22,25)(H,23,26). The topological polar surface area (TPSA) is 83.6 Å². The van der Waals surface area contributed by atoms with Gasteiger partial charge in [0.2, 0.25) is 5.91 Å². The molecule has 1 atom stereocenters. The molecule has 1 aromatic heterocycles. The van der Waals surface area contributed by atoms with Gasteiger partial charge in [-0.1, -0.05) is 19.1 Å². The van der Waals surface area contributed by atoms with Gasteiger partial charge in [0.05, 0.1) is 11.7 Å². The second kappa shape index (κ2) is 7.98. The van der Waals surface area contributed by atoms with Crippen LogP contribution in [0.3, 0.4) is 0 Å². The average Bonchev–Trinajstić information content (AvgIpc) is 2.65. The second-order valence-corrected chi connectivity index (χ2v) is 5.87. The lowest BCUT2D eigenvalue weighted by Gasteiger charge is -2.29. The van der Waals surface area contributed by atoms with E-state index in [-0.39, 0.29) is 24.2 Å². The molecular weight excluding hydrogens is 358 g/mol. The van der Waals surface area contributed by atoms with Crippen molar-refractivity contribution in [3.63, 3.8) is 0 Å². The summed E-state index contributed by atoms with van der Waals surface area (Å²) in [6.07, 6.45) is 2.10. The summed E-state index contributed by atoms with van der Waals surface area (Å²) in [6, 6.07) is 8.56. The fourth-order valence-electron chi connectivity index (χ4n) is 2.82. The number of amides is 3. The normalized spacial score (nSPS) is 14.4. The van der Waals surface area contributed by atoms with Crippen molar-refractivity contribution >= 4 is 23.4 Å². The first kappa shape index (κ1) is 18.6. The number of carbonyl (C=O) groups excluding carboxylic acids is 2. The average molecular weight is 376 g/mol. The summed E-state index contributed by atoms with van der Waals surface area (Å²) in [5.41, 5.74) is 1.20. The molecule has 0 bridgehead atoms. The number of halogens is 2. The van der Waals surface area contributed by atoms with Crippen molar-refractivity contribution in [3.05, 3.63) is 48.2 Å². The van der Waals surface area contributed by atoms with Gasteiger partial charge in [0.15, 0.2) is 5.82 Å². The van der Waals surface area contributed by atoms with E-state index in [1.54, 1.807) is 24.3 Å². The molecular formula is C18H18F2N4O3. The molecule has 0 saturated heterocycles. The summed E-state index contributed by atoms with van der Waals surface area (Å²) in [5.74, 6) is 0.0955. The van der Waals surface area contributed by atoms with Crippen molar-refractivity contribution in [2.24, 2.45) is 0 Å². The van der Waals surface area contributed by atoms with E-state index in [0.29, 0.717) is 17.9 Å². The van der Waals surface area contributed by atoms with Crippen LogP contribution >= 0.6 is 0 Å². The van der Waals surface area contributed by atoms with E-state index in [0.717, 1.165) is 5.56 Å². The third-order valence-electron chi connectivity index (χ3n) is 4.08. The van der Waals surface area contributed by atoms with Gasteiger partial charge in [0, 0.05) is 6.20 Å². The Balaban J connectivity index is 1.75. The first-order valence-corrected chi connectivity index (χ1v) is 8.35. The number of hydrogen-bond donors (Lipinski definition) is 2. The molecule has 2 N–H and O–H groups in total. The molecule has 1 aromatic carbocycles. The Kier molecular flexibility index (Phi) is 5.49. The first-order chi connectivity index (χ1) is 13.0. The molecule has 7 nitrogen and oxygen atoms in total. The molecule has 2 aromatic rings. The Bertz CT molecular complexity index is 830. The van der Waals surface area contributed by atoms with Crippen molar-refractivity contribution < 1.29 is 23.1 Å². The number of fused-ring (bicyclic) bond motifs is 1. The molecule has 0 saturated carbocycles. The van der Waals surface area contributed by atoms with E-state index in [1.165, 1.54) is 23.2 Å². The van der Waals surface area contributed by atoms with Gasteiger partial charge in [-0.05, 0) is 36.2 Å². The van der Waals surface area contributed by atoms with E-state index < -0.39 is 12.6 Å². The van der Waals surface area contributed by atoms with E-state index >= 15 is 0 Å². The molecule has 1 aliphatic rings. The molecule has 142 valence electrons. The molecule has 0 spiro atoms. The van der Waals surface area contributed by atoms with Crippen LogP contribution in [0.1, 0.15) is 24.9 Å². The van der Waals surface area contributed by atoms with Crippen LogP contribution in [0.2, 0.25) is 0 Å². The van der Waals surface area contributed by atoms with Crippen molar-refractivity contribution in [2.45, 2.75) is 26.0 Å². The van der Waals surface area contributed by atoms with Crippen LogP contribution in [0.4, 0.5) is 25.1 Å². The number of ether oxygens (including phenoxy) is 1.